The molecule has 1 saturated heterocycles. The highest BCUT2D eigenvalue weighted by Crippen LogP contribution is 2.16. The number of carbonyl (C=O) groups excluding carboxylic acids is 3. The van der Waals surface area contributed by atoms with Crippen molar-refractivity contribution in [3.8, 4) is 0 Å². The fraction of sp³-hybridized carbons (Fsp3) is 0.812. The normalized spacial score (nSPS) is 18.2. The maximum atomic E-state index is 12.2. The molecule has 7 nitrogen and oxygen atoms in total. The minimum absolute atomic E-state index is 0.0118. The summed E-state index contributed by atoms with van der Waals surface area (Å²) in [5.41, 5.74) is 0. The van der Waals surface area contributed by atoms with Crippen LogP contribution in [0.4, 0.5) is 0 Å². The van der Waals surface area contributed by atoms with E-state index in [1.807, 2.05) is 14.1 Å². The number of likely N-dealkylation sites (N-methyl/N-ethyl adjacent to an activating group) is 1. The number of hydrogen-bond donors (Lipinski definition) is 2. The molecule has 0 aromatic carbocycles. The van der Waals surface area contributed by atoms with Gasteiger partial charge in [-0.2, -0.15) is 0 Å². The number of ketones is 1. The van der Waals surface area contributed by atoms with Gasteiger partial charge in [0.05, 0.1) is 6.04 Å². The second kappa shape index (κ2) is 10.3. The van der Waals surface area contributed by atoms with Gasteiger partial charge in [-0.05, 0) is 40.4 Å². The molecule has 0 bridgehead atoms. The van der Waals surface area contributed by atoms with E-state index in [4.69, 9.17) is 0 Å². The highest BCUT2D eigenvalue weighted by molar-refractivity contribution is 5.83. The Bertz CT molecular complexity index is 412. The standard InChI is InChI=1S/C16H30N4O3/c1-13(21)6-8-17-15(22)7-9-18-16(23)14-5-4-10-20(14)12-11-19(2)3/h14H,4-12H2,1-3H3,(H,17,22)(H,18,23)/i2+1,3+1,6+1,8+1,11+1,13+1,15+1,17+1,19+1. The Hall–Kier alpha value is -1.47. The van der Waals surface area contributed by atoms with Crippen molar-refractivity contribution in [3.05, 3.63) is 0 Å². The zero-order chi connectivity index (χ0) is 17.2. The molecule has 1 unspecified atom stereocenters. The van der Waals surface area contributed by atoms with Crippen LogP contribution in [-0.2, 0) is 14.4 Å². The third kappa shape index (κ3) is 8.08. The number of likely N-dealkylation sites (tertiary alicyclic amines) is 1. The zero-order valence-corrected chi connectivity index (χ0v) is 14.6. The molecule has 7 heteroatoms. The second-order valence-electron chi connectivity index (χ2n) is 6.34. The predicted molar refractivity (Wildman–Crippen MR) is 89.1 cm³/mol. The van der Waals surface area contributed by atoms with Crippen molar-refractivity contribution in [2.75, 3.05) is 46.8 Å². The molecule has 0 aromatic heterocycles. The first-order chi connectivity index (χ1) is 10.9. The molecule has 1 heterocycles. The summed E-state index contributed by atoms with van der Waals surface area (Å²) < 4.78 is 0. The number of amides is 2. The smallest absolute Gasteiger partial charge is 0.237 e. The molecule has 0 aliphatic carbocycles. The van der Waals surface area contributed by atoms with Gasteiger partial charge in [0.15, 0.2) is 0 Å². The molecule has 23 heavy (non-hydrogen) atoms. The summed E-state index contributed by atoms with van der Waals surface area (Å²) in [6.45, 7) is 4.97. The van der Waals surface area contributed by atoms with Crippen molar-refractivity contribution in [2.45, 2.75) is 38.6 Å². The fourth-order valence-electron chi connectivity index (χ4n) is 2.60. The molecule has 0 spiro atoms. The summed E-state index contributed by atoms with van der Waals surface area (Å²) in [5, 5.41) is 5.52. The summed E-state index contributed by atoms with van der Waals surface area (Å²) in [4.78, 5) is 38.9. The molecule has 1 atom stereocenters. The SMILES string of the molecule is C[13C](=O)[13CH2][13CH2][15NH][13C](=O)CCNC(=O)C1CCCN1C[13CH2][15N]([13CH3])[13CH3]. The van der Waals surface area contributed by atoms with Gasteiger partial charge in [-0.1, -0.05) is 0 Å². The van der Waals surface area contributed by atoms with Gasteiger partial charge in [0.1, 0.15) is 5.78 Å². The van der Waals surface area contributed by atoms with Gasteiger partial charge >= 0.3 is 0 Å². The van der Waals surface area contributed by atoms with Crippen LogP contribution in [0, 0.1) is 0 Å². The van der Waals surface area contributed by atoms with Gasteiger partial charge in [-0.3, -0.25) is 19.3 Å². The lowest BCUT2D eigenvalue weighted by Gasteiger charge is -2.25. The van der Waals surface area contributed by atoms with Crippen LogP contribution in [-0.4, -0.2) is 80.3 Å². The quantitative estimate of drug-likeness (QED) is 0.420. The average Bonchev–Trinajstić information content (AvgIpc) is 2.93. The van der Waals surface area contributed by atoms with Crippen LogP contribution in [0.5, 0.6) is 0 Å². The summed E-state index contributed by atoms with van der Waals surface area (Å²) >= 11 is 0. The van der Waals surface area contributed by atoms with Crippen LogP contribution in [0.1, 0.15) is 32.6 Å². The third-order valence-corrected chi connectivity index (χ3v) is 3.95. The van der Waals surface area contributed by atoms with Crippen LogP contribution >= 0.6 is 0 Å². The van der Waals surface area contributed by atoms with Crippen LogP contribution in [0.15, 0.2) is 0 Å². The van der Waals surface area contributed by atoms with Gasteiger partial charge in [0, 0.05) is 39.0 Å². The van der Waals surface area contributed by atoms with E-state index in [1.165, 1.54) is 6.92 Å². The van der Waals surface area contributed by atoms with Crippen molar-refractivity contribution in [2.24, 2.45) is 0 Å². The van der Waals surface area contributed by atoms with E-state index in [-0.39, 0.29) is 30.1 Å². The maximum absolute atomic E-state index is 12.2. The van der Waals surface area contributed by atoms with E-state index in [9.17, 15) is 14.4 Å². The molecule has 2 amide bonds. The van der Waals surface area contributed by atoms with Crippen LogP contribution in [0.2, 0.25) is 0 Å². The molecule has 2 N–H and O–H groups in total. The van der Waals surface area contributed by atoms with Crippen molar-refractivity contribution < 1.29 is 14.4 Å². The van der Waals surface area contributed by atoms with Crippen molar-refractivity contribution >= 4 is 17.6 Å². The minimum Gasteiger partial charge on any atom is -0.356 e. The third-order valence-electron chi connectivity index (χ3n) is 3.95. The lowest BCUT2D eigenvalue weighted by Crippen LogP contribution is -2.46. The van der Waals surface area contributed by atoms with Gasteiger partial charge in [-0.15, -0.1) is 0 Å². The molecule has 1 rings (SSSR count). The Morgan fingerprint density at radius 3 is 2.48 bits per heavy atom. The predicted octanol–water partition coefficient (Wildman–Crippen LogP) is -0.386. The van der Waals surface area contributed by atoms with Gasteiger partial charge in [0.25, 0.3) is 0 Å². The van der Waals surface area contributed by atoms with E-state index in [2.05, 4.69) is 20.4 Å². The number of hydrogen-bond acceptors (Lipinski definition) is 5. The monoisotopic (exact) mass is 335 g/mol. The van der Waals surface area contributed by atoms with Crippen LogP contribution in [0.25, 0.3) is 0 Å². The van der Waals surface area contributed by atoms with Crippen molar-refractivity contribution in [1.82, 2.24) is 20.4 Å². The molecule has 1 fully saturated rings. The Balaban J connectivity index is 2.22. The first-order valence-corrected chi connectivity index (χ1v) is 8.32. The van der Waals surface area contributed by atoms with Gasteiger partial charge in [-0.25, -0.2) is 0 Å². The van der Waals surface area contributed by atoms with Crippen molar-refractivity contribution in [1.29, 1.82) is 0 Å². The summed E-state index contributed by atoms with van der Waals surface area (Å²) in [7, 11) is 4.05. The highest BCUT2D eigenvalue weighted by Gasteiger charge is 2.30. The van der Waals surface area contributed by atoms with Gasteiger partial charge in [0.2, 0.25) is 11.8 Å². The summed E-state index contributed by atoms with van der Waals surface area (Å²) in [6.07, 6.45) is 2.51. The zero-order valence-electron chi connectivity index (χ0n) is 14.6. The molecular formula is C16H30N4O3. The number of nitrogens with one attached hydrogen (secondary N) is 2. The highest BCUT2D eigenvalue weighted by atomic mass is 16.3. The largest absolute Gasteiger partial charge is 0.356 e. The molecule has 0 saturated carbocycles. The van der Waals surface area contributed by atoms with Crippen LogP contribution < -0.4 is 10.6 Å². The van der Waals surface area contributed by atoms with Crippen molar-refractivity contribution in [3.63, 3.8) is 0 Å². The molecule has 1 aliphatic heterocycles. The summed E-state index contributed by atoms with van der Waals surface area (Å²) in [5.74, 6) is -0.0714. The first-order valence-electron chi connectivity index (χ1n) is 8.32. The Morgan fingerprint density at radius 2 is 1.83 bits per heavy atom. The number of nitrogens with zero attached hydrogens (tertiary/aromatic N) is 2. The molecular weight excluding hydrogens is 305 g/mol. The maximum Gasteiger partial charge on any atom is 0.237 e. The van der Waals surface area contributed by atoms with Gasteiger partial charge < -0.3 is 15.5 Å². The Kier molecular flexibility index (Phi) is 8.79. The Labute approximate surface area is 138 Å². The lowest BCUT2D eigenvalue weighted by atomic mass is 10.2. The number of Topliss-reactive ketones (excluding diaryl/α,β-unsaturated/α-hetero) is 1. The van der Waals surface area contributed by atoms with Crippen LogP contribution in [0.3, 0.4) is 0 Å². The fourth-order valence-corrected chi connectivity index (χ4v) is 2.60. The van der Waals surface area contributed by atoms with E-state index in [0.29, 0.717) is 19.5 Å². The number of rotatable bonds is 10. The van der Waals surface area contributed by atoms with E-state index >= 15 is 0 Å². The lowest BCUT2D eigenvalue weighted by molar-refractivity contribution is -0.125. The minimum atomic E-state index is -0.137. The average molecular weight is 335 g/mol. The molecule has 0 radical (unpaired) electrons. The topological polar surface area (TPSA) is 81.8 Å². The van der Waals surface area contributed by atoms with E-state index in [0.717, 1.165) is 32.5 Å². The van der Waals surface area contributed by atoms with E-state index in [1.54, 1.807) is 0 Å². The number of carbonyl (C=O) groups is 3. The second-order valence-corrected chi connectivity index (χ2v) is 6.34. The first kappa shape index (κ1) is 19.6. The molecule has 0 aromatic rings. The Morgan fingerprint density at radius 1 is 1.13 bits per heavy atom. The van der Waals surface area contributed by atoms with E-state index < -0.39 is 0 Å². The molecule has 132 valence electrons. The molecule has 1 aliphatic rings. The summed E-state index contributed by atoms with van der Waals surface area (Å²) in [6, 6.07) is -0.0734.